The van der Waals surface area contributed by atoms with Crippen LogP contribution in [0.2, 0.25) is 0 Å². The monoisotopic (exact) mass is 296 g/mol. The van der Waals surface area contributed by atoms with Gasteiger partial charge in [0, 0.05) is 12.1 Å². The molecule has 1 aromatic carbocycles. The SMILES string of the molecule is O=C(O)c1cc(F)cnc1Oc1ccc([N+](=O)[O-])c(F)c1. The van der Waals surface area contributed by atoms with E-state index in [9.17, 15) is 23.7 Å². The lowest BCUT2D eigenvalue weighted by Crippen LogP contribution is -2.03. The van der Waals surface area contributed by atoms with Gasteiger partial charge in [-0.25, -0.2) is 14.2 Å². The highest BCUT2D eigenvalue weighted by molar-refractivity contribution is 5.90. The molecule has 1 N–H and O–H groups in total. The third-order valence-corrected chi connectivity index (χ3v) is 2.38. The minimum atomic E-state index is -1.49. The van der Waals surface area contributed by atoms with E-state index in [1.54, 1.807) is 0 Å². The fourth-order valence-corrected chi connectivity index (χ4v) is 1.47. The van der Waals surface area contributed by atoms with Crippen molar-refractivity contribution in [2.45, 2.75) is 0 Å². The average Bonchev–Trinajstić information content (AvgIpc) is 2.40. The number of aromatic carboxylic acids is 1. The van der Waals surface area contributed by atoms with E-state index in [1.165, 1.54) is 0 Å². The molecular weight excluding hydrogens is 290 g/mol. The van der Waals surface area contributed by atoms with Crippen LogP contribution in [0.3, 0.4) is 0 Å². The van der Waals surface area contributed by atoms with Crippen molar-refractivity contribution >= 4 is 11.7 Å². The van der Waals surface area contributed by atoms with Gasteiger partial charge in [-0.1, -0.05) is 0 Å². The summed E-state index contributed by atoms with van der Waals surface area (Å²) in [6.07, 6.45) is 0.726. The van der Waals surface area contributed by atoms with E-state index in [1.807, 2.05) is 0 Å². The minimum Gasteiger partial charge on any atom is -0.477 e. The number of nitro groups is 1. The number of carbonyl (C=O) groups is 1. The molecule has 0 saturated heterocycles. The van der Waals surface area contributed by atoms with Crippen molar-refractivity contribution in [2.24, 2.45) is 0 Å². The third kappa shape index (κ3) is 3.08. The van der Waals surface area contributed by atoms with E-state index in [0.29, 0.717) is 12.1 Å². The van der Waals surface area contributed by atoms with Crippen LogP contribution in [0.1, 0.15) is 10.4 Å². The Bertz CT molecular complexity index is 736. The smallest absolute Gasteiger partial charge is 0.341 e. The second kappa shape index (κ2) is 5.49. The Morgan fingerprint density at radius 3 is 2.62 bits per heavy atom. The van der Waals surface area contributed by atoms with Gasteiger partial charge in [0.25, 0.3) is 0 Å². The lowest BCUT2D eigenvalue weighted by Gasteiger charge is -2.07. The fourth-order valence-electron chi connectivity index (χ4n) is 1.47. The van der Waals surface area contributed by atoms with Crippen LogP contribution in [-0.2, 0) is 0 Å². The molecule has 0 spiro atoms. The van der Waals surface area contributed by atoms with Crippen molar-refractivity contribution in [3.63, 3.8) is 0 Å². The normalized spacial score (nSPS) is 10.2. The van der Waals surface area contributed by atoms with Gasteiger partial charge in [-0.05, 0) is 12.1 Å². The van der Waals surface area contributed by atoms with Crippen LogP contribution in [0.4, 0.5) is 14.5 Å². The molecule has 1 aromatic heterocycles. The van der Waals surface area contributed by atoms with Gasteiger partial charge in [-0.2, -0.15) is 4.39 Å². The molecule has 0 aliphatic carbocycles. The van der Waals surface area contributed by atoms with Gasteiger partial charge in [0.2, 0.25) is 11.7 Å². The fraction of sp³-hybridized carbons (Fsp3) is 0. The number of hydrogen-bond acceptors (Lipinski definition) is 5. The molecule has 9 heteroatoms. The van der Waals surface area contributed by atoms with Crippen LogP contribution in [-0.4, -0.2) is 21.0 Å². The lowest BCUT2D eigenvalue weighted by molar-refractivity contribution is -0.387. The number of nitro benzene ring substituents is 1. The minimum absolute atomic E-state index is 0.209. The van der Waals surface area contributed by atoms with Crippen LogP contribution < -0.4 is 4.74 Å². The number of rotatable bonds is 4. The zero-order chi connectivity index (χ0) is 15.6. The number of nitrogens with zero attached hydrogens (tertiary/aromatic N) is 2. The Morgan fingerprint density at radius 1 is 1.33 bits per heavy atom. The molecule has 21 heavy (non-hydrogen) atoms. The summed E-state index contributed by atoms with van der Waals surface area (Å²) in [5, 5.41) is 19.4. The van der Waals surface area contributed by atoms with Crippen LogP contribution in [0.15, 0.2) is 30.5 Å². The highest BCUT2D eigenvalue weighted by Gasteiger charge is 2.18. The van der Waals surface area contributed by atoms with Gasteiger partial charge < -0.3 is 9.84 Å². The van der Waals surface area contributed by atoms with Gasteiger partial charge >= 0.3 is 11.7 Å². The Kier molecular flexibility index (Phi) is 3.74. The van der Waals surface area contributed by atoms with E-state index < -0.39 is 39.7 Å². The Labute approximate surface area is 115 Å². The zero-order valence-corrected chi connectivity index (χ0v) is 10.1. The lowest BCUT2D eigenvalue weighted by atomic mass is 10.2. The number of ether oxygens (including phenoxy) is 1. The maximum absolute atomic E-state index is 13.4. The highest BCUT2D eigenvalue weighted by Crippen LogP contribution is 2.27. The van der Waals surface area contributed by atoms with Crippen LogP contribution >= 0.6 is 0 Å². The van der Waals surface area contributed by atoms with E-state index in [2.05, 4.69) is 4.98 Å². The number of hydrogen-bond donors (Lipinski definition) is 1. The molecule has 7 nitrogen and oxygen atoms in total. The second-order valence-electron chi connectivity index (χ2n) is 3.78. The summed E-state index contributed by atoms with van der Waals surface area (Å²) < 4.78 is 31.4. The maximum Gasteiger partial charge on any atom is 0.341 e. The Hall–Kier alpha value is -3.10. The summed E-state index contributed by atoms with van der Waals surface area (Å²) in [4.78, 5) is 23.9. The molecule has 0 aliphatic heterocycles. The van der Waals surface area contributed by atoms with Crippen LogP contribution in [0, 0.1) is 21.7 Å². The number of carboxylic acids is 1. The third-order valence-electron chi connectivity index (χ3n) is 2.38. The van der Waals surface area contributed by atoms with E-state index in [-0.39, 0.29) is 5.75 Å². The first-order valence-electron chi connectivity index (χ1n) is 5.39. The number of benzene rings is 1. The molecule has 108 valence electrons. The van der Waals surface area contributed by atoms with Gasteiger partial charge in [0.1, 0.15) is 17.1 Å². The van der Waals surface area contributed by atoms with Crippen molar-refractivity contribution in [1.82, 2.24) is 4.98 Å². The average molecular weight is 296 g/mol. The standard InChI is InChI=1S/C12H6F2N2O5/c13-6-3-8(12(17)18)11(15-5-6)21-7-1-2-10(16(19)20)9(14)4-7/h1-5H,(H,17,18). The molecule has 0 radical (unpaired) electrons. The van der Waals surface area contributed by atoms with Crippen LogP contribution in [0.25, 0.3) is 0 Å². The summed E-state index contributed by atoms with van der Waals surface area (Å²) in [7, 11) is 0. The largest absolute Gasteiger partial charge is 0.477 e. The molecular formula is C12H6F2N2O5. The van der Waals surface area contributed by atoms with Crippen molar-refractivity contribution in [1.29, 1.82) is 0 Å². The summed E-state index contributed by atoms with van der Waals surface area (Å²) in [5.74, 6) is -4.19. The summed E-state index contributed by atoms with van der Waals surface area (Å²) in [6, 6.07) is 3.31. The molecule has 2 aromatic rings. The molecule has 0 bridgehead atoms. The van der Waals surface area contributed by atoms with E-state index in [4.69, 9.17) is 9.84 Å². The summed E-state index contributed by atoms with van der Waals surface area (Å²) in [5.41, 5.74) is -1.32. The predicted octanol–water partition coefficient (Wildman–Crippen LogP) is 2.76. The molecule has 2 rings (SSSR count). The topological polar surface area (TPSA) is 103 Å². The first kappa shape index (κ1) is 14.3. The van der Waals surface area contributed by atoms with Gasteiger partial charge in [0.05, 0.1) is 11.1 Å². The quantitative estimate of drug-likeness (QED) is 0.687. The van der Waals surface area contributed by atoms with Crippen LogP contribution in [0.5, 0.6) is 11.6 Å². The van der Waals surface area contributed by atoms with Crippen molar-refractivity contribution in [3.05, 3.63) is 57.8 Å². The van der Waals surface area contributed by atoms with Crippen molar-refractivity contribution in [2.75, 3.05) is 0 Å². The molecule has 0 aliphatic rings. The predicted molar refractivity (Wildman–Crippen MR) is 64.3 cm³/mol. The van der Waals surface area contributed by atoms with Gasteiger partial charge in [-0.3, -0.25) is 10.1 Å². The van der Waals surface area contributed by atoms with Crippen molar-refractivity contribution in [3.8, 4) is 11.6 Å². The first-order valence-corrected chi connectivity index (χ1v) is 5.39. The summed E-state index contributed by atoms with van der Waals surface area (Å²) >= 11 is 0. The first-order chi connectivity index (χ1) is 9.88. The Balaban J connectivity index is 2.37. The molecule has 0 unspecified atom stereocenters. The number of carboxylic acid groups (broad SMARTS) is 1. The summed E-state index contributed by atoms with van der Waals surface area (Å²) in [6.45, 7) is 0. The molecule has 0 atom stereocenters. The van der Waals surface area contributed by atoms with E-state index in [0.717, 1.165) is 18.3 Å². The molecule has 0 fully saturated rings. The molecule has 0 saturated carbocycles. The Morgan fingerprint density at radius 2 is 2.05 bits per heavy atom. The maximum atomic E-state index is 13.4. The van der Waals surface area contributed by atoms with Gasteiger partial charge in [0.15, 0.2) is 0 Å². The van der Waals surface area contributed by atoms with E-state index >= 15 is 0 Å². The molecule has 0 amide bonds. The van der Waals surface area contributed by atoms with Gasteiger partial charge in [-0.15, -0.1) is 0 Å². The second-order valence-corrected chi connectivity index (χ2v) is 3.78. The van der Waals surface area contributed by atoms with Crippen molar-refractivity contribution < 1.29 is 28.3 Å². The zero-order valence-electron chi connectivity index (χ0n) is 10.1. The highest BCUT2D eigenvalue weighted by atomic mass is 19.1. The number of aromatic nitrogens is 1. The molecule has 1 heterocycles. The number of halogens is 2. The number of pyridine rings is 1.